The van der Waals surface area contributed by atoms with Gasteiger partial charge in [-0.25, -0.2) is 0 Å². The minimum atomic E-state index is 0.137. The van der Waals surface area contributed by atoms with Crippen LogP contribution in [0.4, 0.5) is 0 Å². The van der Waals surface area contributed by atoms with Gasteiger partial charge < -0.3 is 5.11 Å². The Labute approximate surface area is 96.9 Å². The quantitative estimate of drug-likeness (QED) is 0.587. The Hall–Kier alpha value is -0.470. The fraction of sp³-hybridized carbons (Fsp3) is 0.538. The first kappa shape index (κ1) is 12.6. The van der Waals surface area contributed by atoms with Crippen molar-refractivity contribution >= 4 is 11.8 Å². The lowest BCUT2D eigenvalue weighted by molar-refractivity contribution is 0.282. The summed E-state index contributed by atoms with van der Waals surface area (Å²) in [5, 5.41) is 8.90. The van der Waals surface area contributed by atoms with Gasteiger partial charge in [-0.2, -0.15) is 0 Å². The Morgan fingerprint density at radius 1 is 1.20 bits per heavy atom. The van der Waals surface area contributed by atoms with Crippen LogP contribution in [0.25, 0.3) is 0 Å². The number of thioether (sulfide) groups is 1. The summed E-state index contributed by atoms with van der Waals surface area (Å²) >= 11 is 1.90. The zero-order chi connectivity index (χ0) is 11.1. The molecule has 0 amide bonds. The highest BCUT2D eigenvalue weighted by molar-refractivity contribution is 7.99. The first-order chi connectivity index (χ1) is 7.22. The summed E-state index contributed by atoms with van der Waals surface area (Å²) in [5.41, 5.74) is 0.988. The predicted molar refractivity (Wildman–Crippen MR) is 67.2 cm³/mol. The fourth-order valence-corrected chi connectivity index (χ4v) is 2.25. The summed E-state index contributed by atoms with van der Waals surface area (Å²) in [5.74, 6) is 2.00. The number of benzene rings is 1. The zero-order valence-corrected chi connectivity index (χ0v) is 10.4. The van der Waals surface area contributed by atoms with E-state index in [9.17, 15) is 0 Å². The summed E-state index contributed by atoms with van der Waals surface area (Å²) in [7, 11) is 0. The van der Waals surface area contributed by atoms with E-state index in [0.717, 1.165) is 11.5 Å². The third-order valence-electron chi connectivity index (χ3n) is 2.30. The van der Waals surface area contributed by atoms with Crippen LogP contribution in [0.3, 0.4) is 0 Å². The molecule has 0 aliphatic carbocycles. The summed E-state index contributed by atoms with van der Waals surface area (Å²) in [6, 6.07) is 8.16. The molecule has 1 aromatic carbocycles. The van der Waals surface area contributed by atoms with E-state index >= 15 is 0 Å². The molecule has 0 saturated carbocycles. The Morgan fingerprint density at radius 3 is 2.40 bits per heavy atom. The molecule has 0 atom stereocenters. The van der Waals surface area contributed by atoms with E-state index in [2.05, 4.69) is 26.0 Å². The molecule has 0 aromatic heterocycles. The molecule has 0 aliphatic heterocycles. The van der Waals surface area contributed by atoms with Gasteiger partial charge in [-0.15, -0.1) is 11.8 Å². The molecule has 0 bridgehead atoms. The highest BCUT2D eigenvalue weighted by Gasteiger charge is 1.97. The molecule has 1 rings (SSSR count). The van der Waals surface area contributed by atoms with Crippen molar-refractivity contribution in [1.82, 2.24) is 0 Å². The van der Waals surface area contributed by atoms with Crippen LogP contribution in [0.15, 0.2) is 29.2 Å². The normalized spacial score (nSPS) is 10.9. The third kappa shape index (κ3) is 5.24. The second-order valence-corrected chi connectivity index (χ2v) is 5.35. The molecule has 1 nitrogen and oxygen atoms in total. The van der Waals surface area contributed by atoms with Crippen LogP contribution in [-0.2, 0) is 6.61 Å². The minimum absolute atomic E-state index is 0.137. The smallest absolute Gasteiger partial charge is 0.0681 e. The molecule has 0 saturated heterocycles. The molecule has 0 unspecified atom stereocenters. The van der Waals surface area contributed by atoms with Gasteiger partial charge in [0.25, 0.3) is 0 Å². The van der Waals surface area contributed by atoms with Crippen molar-refractivity contribution in [2.24, 2.45) is 5.92 Å². The summed E-state index contributed by atoms with van der Waals surface area (Å²) < 4.78 is 0. The van der Waals surface area contributed by atoms with E-state index < -0.39 is 0 Å². The number of hydrogen-bond donors (Lipinski definition) is 1. The molecule has 0 fully saturated rings. The molecule has 15 heavy (non-hydrogen) atoms. The number of hydrogen-bond acceptors (Lipinski definition) is 2. The zero-order valence-electron chi connectivity index (χ0n) is 9.57. The van der Waals surface area contributed by atoms with E-state index in [1.807, 2.05) is 23.9 Å². The van der Waals surface area contributed by atoms with Crippen molar-refractivity contribution in [3.8, 4) is 0 Å². The van der Waals surface area contributed by atoms with Crippen LogP contribution in [0.2, 0.25) is 0 Å². The molecular formula is C13H20OS. The maximum Gasteiger partial charge on any atom is 0.0681 e. The first-order valence-corrected chi connectivity index (χ1v) is 6.53. The maximum absolute atomic E-state index is 8.90. The molecule has 0 radical (unpaired) electrons. The molecular weight excluding hydrogens is 204 g/mol. The van der Waals surface area contributed by atoms with Gasteiger partial charge in [0.05, 0.1) is 6.61 Å². The van der Waals surface area contributed by atoms with E-state index in [1.165, 1.54) is 23.5 Å². The lowest BCUT2D eigenvalue weighted by Crippen LogP contribution is -1.89. The van der Waals surface area contributed by atoms with Crippen LogP contribution < -0.4 is 0 Å². The second kappa shape index (κ2) is 6.91. The maximum atomic E-state index is 8.90. The minimum Gasteiger partial charge on any atom is -0.392 e. The SMILES string of the molecule is CC(C)CCCSc1ccc(CO)cc1. The van der Waals surface area contributed by atoms with Gasteiger partial charge in [-0.3, -0.25) is 0 Å². The molecule has 1 aromatic rings. The molecule has 2 heteroatoms. The number of aliphatic hydroxyl groups is 1. The second-order valence-electron chi connectivity index (χ2n) is 4.19. The molecule has 0 heterocycles. The van der Waals surface area contributed by atoms with Gasteiger partial charge >= 0.3 is 0 Å². The first-order valence-electron chi connectivity index (χ1n) is 5.55. The van der Waals surface area contributed by atoms with E-state index in [4.69, 9.17) is 5.11 Å². The van der Waals surface area contributed by atoms with Gasteiger partial charge in [0.1, 0.15) is 0 Å². The Kier molecular flexibility index (Phi) is 5.81. The van der Waals surface area contributed by atoms with E-state index in [0.29, 0.717) is 0 Å². The van der Waals surface area contributed by atoms with Gasteiger partial charge in [-0.1, -0.05) is 32.4 Å². The van der Waals surface area contributed by atoms with Crippen molar-refractivity contribution in [2.45, 2.75) is 38.2 Å². The fourth-order valence-electron chi connectivity index (χ4n) is 1.37. The highest BCUT2D eigenvalue weighted by Crippen LogP contribution is 2.20. The average molecular weight is 224 g/mol. The number of rotatable bonds is 6. The molecule has 0 aliphatic rings. The van der Waals surface area contributed by atoms with Crippen molar-refractivity contribution in [2.75, 3.05) is 5.75 Å². The third-order valence-corrected chi connectivity index (χ3v) is 3.40. The predicted octanol–water partition coefficient (Wildman–Crippen LogP) is 3.71. The van der Waals surface area contributed by atoms with Gasteiger partial charge in [0, 0.05) is 4.90 Å². The van der Waals surface area contributed by atoms with E-state index in [-0.39, 0.29) is 6.61 Å². The van der Waals surface area contributed by atoms with Gasteiger partial charge in [0.2, 0.25) is 0 Å². The van der Waals surface area contributed by atoms with Crippen molar-refractivity contribution in [3.63, 3.8) is 0 Å². The van der Waals surface area contributed by atoms with Gasteiger partial charge in [-0.05, 0) is 35.8 Å². The van der Waals surface area contributed by atoms with Crippen molar-refractivity contribution < 1.29 is 5.11 Å². The Bertz CT molecular complexity index is 266. The van der Waals surface area contributed by atoms with Crippen LogP contribution in [-0.4, -0.2) is 10.9 Å². The Balaban J connectivity index is 2.25. The Morgan fingerprint density at radius 2 is 1.87 bits per heavy atom. The molecule has 1 N–H and O–H groups in total. The number of aliphatic hydroxyl groups excluding tert-OH is 1. The van der Waals surface area contributed by atoms with E-state index in [1.54, 1.807) is 0 Å². The summed E-state index contributed by atoms with van der Waals surface area (Å²) in [6.45, 7) is 4.67. The highest BCUT2D eigenvalue weighted by atomic mass is 32.2. The summed E-state index contributed by atoms with van der Waals surface area (Å²) in [4.78, 5) is 1.30. The van der Waals surface area contributed by atoms with Crippen LogP contribution >= 0.6 is 11.8 Å². The van der Waals surface area contributed by atoms with Crippen molar-refractivity contribution in [1.29, 1.82) is 0 Å². The monoisotopic (exact) mass is 224 g/mol. The topological polar surface area (TPSA) is 20.2 Å². The summed E-state index contributed by atoms with van der Waals surface area (Å²) in [6.07, 6.45) is 2.59. The van der Waals surface area contributed by atoms with Crippen LogP contribution in [0.1, 0.15) is 32.3 Å². The van der Waals surface area contributed by atoms with Gasteiger partial charge in [0.15, 0.2) is 0 Å². The largest absolute Gasteiger partial charge is 0.392 e. The van der Waals surface area contributed by atoms with Crippen LogP contribution in [0, 0.1) is 5.92 Å². The lowest BCUT2D eigenvalue weighted by atomic mass is 10.1. The molecule has 84 valence electrons. The lowest BCUT2D eigenvalue weighted by Gasteiger charge is -2.04. The van der Waals surface area contributed by atoms with Crippen LogP contribution in [0.5, 0.6) is 0 Å². The average Bonchev–Trinajstić information content (AvgIpc) is 2.25. The van der Waals surface area contributed by atoms with Crippen molar-refractivity contribution in [3.05, 3.63) is 29.8 Å². The molecule has 0 spiro atoms. The standard InChI is InChI=1S/C13H20OS/c1-11(2)4-3-9-15-13-7-5-12(10-14)6-8-13/h5-8,11,14H,3-4,9-10H2,1-2H3.